The van der Waals surface area contributed by atoms with Crippen LogP contribution < -0.4 is 5.69 Å². The van der Waals surface area contributed by atoms with E-state index in [4.69, 9.17) is 0 Å². The van der Waals surface area contributed by atoms with Gasteiger partial charge in [0.05, 0.1) is 11.0 Å². The maximum absolute atomic E-state index is 12.5. The molecule has 1 fully saturated rings. The van der Waals surface area contributed by atoms with Crippen molar-refractivity contribution in [1.82, 2.24) is 14.5 Å². The van der Waals surface area contributed by atoms with E-state index in [0.29, 0.717) is 11.0 Å². The molecule has 0 aliphatic carbocycles. The van der Waals surface area contributed by atoms with Crippen molar-refractivity contribution < 1.29 is 35.9 Å². The molecule has 1 amide bonds. The average Bonchev–Trinajstić information content (AvgIpc) is 2.93. The third-order valence-electron chi connectivity index (χ3n) is 4.53. The minimum absolute atomic E-state index is 0.141. The van der Waals surface area contributed by atoms with Gasteiger partial charge in [-0.15, -0.1) is 0 Å². The van der Waals surface area contributed by atoms with Crippen molar-refractivity contribution in [1.29, 1.82) is 0 Å². The van der Waals surface area contributed by atoms with Crippen LogP contribution in [0, 0.1) is 0 Å². The molecule has 2 heterocycles. The third-order valence-corrected chi connectivity index (χ3v) is 4.53. The predicted octanol–water partition coefficient (Wildman–Crippen LogP) is 3.60. The Morgan fingerprint density at radius 2 is 1.64 bits per heavy atom. The van der Waals surface area contributed by atoms with E-state index in [-0.39, 0.29) is 37.7 Å². The van der Waals surface area contributed by atoms with Gasteiger partial charge in [-0.3, -0.25) is 4.57 Å². The second-order valence-electron chi connectivity index (χ2n) is 6.38. The quantitative estimate of drug-likeness (QED) is 0.768. The molecule has 0 unspecified atom stereocenters. The summed E-state index contributed by atoms with van der Waals surface area (Å²) in [5.41, 5.74) is 0.853. The van der Waals surface area contributed by atoms with Crippen molar-refractivity contribution in [3.63, 3.8) is 0 Å². The number of piperidine rings is 1. The Hall–Kier alpha value is -2.66. The summed E-state index contributed by atoms with van der Waals surface area (Å²) in [5, 5.41) is 0. The lowest BCUT2D eigenvalue weighted by Gasteiger charge is -2.33. The van der Waals surface area contributed by atoms with E-state index in [1.807, 2.05) is 0 Å². The molecule has 3 rings (SSSR count). The lowest BCUT2D eigenvalue weighted by Crippen LogP contribution is -2.49. The average molecular weight is 411 g/mol. The first kappa shape index (κ1) is 20.1. The Kier molecular flexibility index (Phi) is 5.06. The summed E-state index contributed by atoms with van der Waals surface area (Å²) in [5.74, 6) is 0. The SMILES string of the molecule is O=C(OC(C(F)(F)F)C(F)(F)F)N1CCC(n2c(=O)[nH]c3ccccc32)CC1. The molecule has 154 valence electrons. The number of H-pyrrole nitrogens is 1. The van der Waals surface area contributed by atoms with E-state index >= 15 is 0 Å². The van der Waals surface area contributed by atoms with Crippen molar-refractivity contribution in [2.75, 3.05) is 13.1 Å². The number of nitrogens with zero attached hydrogens (tertiary/aromatic N) is 2. The van der Waals surface area contributed by atoms with Crippen LogP contribution in [0.5, 0.6) is 0 Å². The Balaban J connectivity index is 1.69. The van der Waals surface area contributed by atoms with Gasteiger partial charge in [0.1, 0.15) is 0 Å². The monoisotopic (exact) mass is 411 g/mol. The van der Waals surface area contributed by atoms with Gasteiger partial charge in [0.25, 0.3) is 6.10 Å². The number of imidazole rings is 1. The number of hydrogen-bond donors (Lipinski definition) is 1. The highest BCUT2D eigenvalue weighted by Gasteiger charge is 2.60. The van der Waals surface area contributed by atoms with Gasteiger partial charge in [0.2, 0.25) is 0 Å². The molecule has 28 heavy (non-hydrogen) atoms. The van der Waals surface area contributed by atoms with Crippen LogP contribution in [-0.4, -0.2) is 52.1 Å². The largest absolute Gasteiger partial charge is 0.434 e. The fourth-order valence-corrected chi connectivity index (χ4v) is 3.24. The fraction of sp³-hybridized carbons (Fsp3) is 0.500. The lowest BCUT2D eigenvalue weighted by molar-refractivity contribution is -0.308. The Bertz CT molecular complexity index is 895. The number of fused-ring (bicyclic) bond motifs is 1. The first-order chi connectivity index (χ1) is 13.0. The van der Waals surface area contributed by atoms with Crippen molar-refractivity contribution in [2.24, 2.45) is 0 Å². The summed E-state index contributed by atoms with van der Waals surface area (Å²) in [6.45, 7) is -0.282. The van der Waals surface area contributed by atoms with Crippen molar-refractivity contribution in [2.45, 2.75) is 37.3 Å². The number of halogens is 6. The molecule has 0 atom stereocenters. The highest BCUT2D eigenvalue weighted by atomic mass is 19.4. The predicted molar refractivity (Wildman–Crippen MR) is 84.8 cm³/mol. The van der Waals surface area contributed by atoms with Crippen LogP contribution in [0.25, 0.3) is 11.0 Å². The summed E-state index contributed by atoms with van der Waals surface area (Å²) in [6, 6.07) is 6.53. The standard InChI is InChI=1S/C16H15F6N3O3/c17-15(18,19)12(16(20,21)22)28-14(27)24-7-5-9(6-8-24)25-11-4-2-1-3-10(11)23-13(25)26/h1-4,9,12H,5-8H2,(H,23,26). The Labute approximate surface area is 153 Å². The molecule has 0 spiro atoms. The van der Waals surface area contributed by atoms with Crippen LogP contribution in [0.15, 0.2) is 29.1 Å². The first-order valence-electron chi connectivity index (χ1n) is 8.26. The molecule has 1 saturated heterocycles. The number of amides is 1. The van der Waals surface area contributed by atoms with E-state index in [1.54, 1.807) is 24.3 Å². The van der Waals surface area contributed by atoms with Crippen molar-refractivity contribution >= 4 is 17.1 Å². The molecule has 0 saturated carbocycles. The molecule has 12 heteroatoms. The van der Waals surface area contributed by atoms with E-state index in [0.717, 1.165) is 4.90 Å². The number of aromatic amines is 1. The van der Waals surface area contributed by atoms with E-state index in [9.17, 15) is 35.9 Å². The summed E-state index contributed by atoms with van der Waals surface area (Å²) < 4.78 is 80.3. The minimum Gasteiger partial charge on any atom is -0.426 e. The van der Waals surface area contributed by atoms with Gasteiger partial charge in [0, 0.05) is 19.1 Å². The molecular weight excluding hydrogens is 396 g/mol. The normalized spacial score (nSPS) is 16.8. The number of hydrogen-bond acceptors (Lipinski definition) is 3. The number of likely N-dealkylation sites (tertiary alicyclic amines) is 1. The van der Waals surface area contributed by atoms with Crippen molar-refractivity contribution in [3.8, 4) is 0 Å². The van der Waals surface area contributed by atoms with Gasteiger partial charge in [-0.1, -0.05) is 12.1 Å². The molecule has 2 aromatic rings. The second-order valence-corrected chi connectivity index (χ2v) is 6.38. The van der Waals surface area contributed by atoms with Gasteiger partial charge in [-0.05, 0) is 25.0 Å². The number of para-hydroxylation sites is 2. The van der Waals surface area contributed by atoms with E-state index < -0.39 is 24.5 Å². The molecular formula is C16H15F6N3O3. The lowest BCUT2D eigenvalue weighted by atomic mass is 10.0. The number of benzene rings is 1. The molecule has 1 aliphatic rings. The third kappa shape index (κ3) is 3.94. The summed E-state index contributed by atoms with van der Waals surface area (Å²) >= 11 is 0. The number of aromatic nitrogens is 2. The van der Waals surface area contributed by atoms with Crippen LogP contribution in [0.4, 0.5) is 31.1 Å². The highest BCUT2D eigenvalue weighted by Crippen LogP contribution is 2.36. The molecule has 0 bridgehead atoms. The molecule has 1 aliphatic heterocycles. The van der Waals surface area contributed by atoms with Gasteiger partial charge >= 0.3 is 24.1 Å². The zero-order valence-corrected chi connectivity index (χ0v) is 14.2. The van der Waals surface area contributed by atoms with Crippen LogP contribution in [0.2, 0.25) is 0 Å². The first-order valence-corrected chi connectivity index (χ1v) is 8.26. The van der Waals surface area contributed by atoms with Crippen molar-refractivity contribution in [3.05, 3.63) is 34.7 Å². The Morgan fingerprint density at radius 3 is 2.21 bits per heavy atom. The number of rotatable bonds is 2. The summed E-state index contributed by atoms with van der Waals surface area (Å²) in [4.78, 5) is 27.4. The number of alkyl halides is 6. The van der Waals surface area contributed by atoms with Crippen LogP contribution >= 0.6 is 0 Å². The second kappa shape index (κ2) is 7.06. The smallest absolute Gasteiger partial charge is 0.426 e. The van der Waals surface area contributed by atoms with Gasteiger partial charge in [-0.25, -0.2) is 9.59 Å². The zero-order valence-electron chi connectivity index (χ0n) is 14.2. The highest BCUT2D eigenvalue weighted by molar-refractivity contribution is 5.75. The molecule has 6 nitrogen and oxygen atoms in total. The van der Waals surface area contributed by atoms with Gasteiger partial charge in [-0.2, -0.15) is 26.3 Å². The van der Waals surface area contributed by atoms with E-state index in [2.05, 4.69) is 9.72 Å². The summed E-state index contributed by atoms with van der Waals surface area (Å²) in [7, 11) is 0. The van der Waals surface area contributed by atoms with E-state index in [1.165, 1.54) is 4.57 Å². The van der Waals surface area contributed by atoms with Crippen LogP contribution in [0.3, 0.4) is 0 Å². The maximum atomic E-state index is 12.5. The van der Waals surface area contributed by atoms with Crippen LogP contribution in [0.1, 0.15) is 18.9 Å². The maximum Gasteiger partial charge on any atom is 0.434 e. The number of carbonyl (C=O) groups is 1. The minimum atomic E-state index is -5.76. The Morgan fingerprint density at radius 1 is 1.07 bits per heavy atom. The zero-order chi connectivity index (χ0) is 20.7. The topological polar surface area (TPSA) is 67.3 Å². The molecule has 1 N–H and O–H groups in total. The van der Waals surface area contributed by atoms with Crippen LogP contribution in [-0.2, 0) is 4.74 Å². The number of nitrogens with one attached hydrogen (secondary N) is 1. The van der Waals surface area contributed by atoms with Gasteiger partial charge in [0.15, 0.2) is 0 Å². The number of carbonyl (C=O) groups excluding carboxylic acids is 1. The molecule has 0 radical (unpaired) electrons. The summed E-state index contributed by atoms with van der Waals surface area (Å²) in [6.07, 6.45) is -17.0. The van der Waals surface area contributed by atoms with Gasteiger partial charge < -0.3 is 14.6 Å². The molecule has 1 aromatic heterocycles. The fourth-order valence-electron chi connectivity index (χ4n) is 3.24. The number of ether oxygens (including phenoxy) is 1. The molecule has 1 aromatic carbocycles.